The van der Waals surface area contributed by atoms with Gasteiger partial charge in [-0.25, -0.2) is 8.42 Å². The average Bonchev–Trinajstić information content (AvgIpc) is 2.26. The largest absolute Gasteiger partial charge is 0.501 e. The van der Waals surface area contributed by atoms with E-state index in [1.165, 1.54) is 12.1 Å². The van der Waals surface area contributed by atoms with Gasteiger partial charge in [0.2, 0.25) is 0 Å². The molecular formula is C11H14F3NO2S. The van der Waals surface area contributed by atoms with Crippen molar-refractivity contribution in [2.45, 2.75) is 36.2 Å². The monoisotopic (exact) mass is 281 g/mol. The number of rotatable bonds is 3. The van der Waals surface area contributed by atoms with Gasteiger partial charge in [-0.3, -0.25) is 0 Å². The lowest BCUT2D eigenvalue weighted by Gasteiger charge is -2.16. The number of sulfone groups is 1. The predicted molar refractivity (Wildman–Crippen MR) is 61.7 cm³/mol. The van der Waals surface area contributed by atoms with Crippen LogP contribution in [0.2, 0.25) is 0 Å². The predicted octanol–water partition coefficient (Wildman–Crippen LogP) is 2.43. The quantitative estimate of drug-likeness (QED) is 0.925. The summed E-state index contributed by atoms with van der Waals surface area (Å²) in [5.74, 6) is -0.0624. The Hall–Kier alpha value is -1.08. The lowest BCUT2D eigenvalue weighted by atomic mass is 9.95. The Morgan fingerprint density at radius 2 is 1.56 bits per heavy atom. The summed E-state index contributed by atoms with van der Waals surface area (Å²) in [5, 5.41) is 0. The summed E-state index contributed by atoms with van der Waals surface area (Å²) in [6, 6.07) is 4.45. The van der Waals surface area contributed by atoms with Crippen LogP contribution in [-0.4, -0.2) is 20.0 Å². The van der Waals surface area contributed by atoms with Crippen molar-refractivity contribution in [3.63, 3.8) is 0 Å². The lowest BCUT2D eigenvalue weighted by Crippen LogP contribution is -2.24. The van der Waals surface area contributed by atoms with Crippen LogP contribution in [0, 0.1) is 0 Å². The van der Waals surface area contributed by atoms with Gasteiger partial charge in [-0.05, 0) is 30.5 Å². The van der Waals surface area contributed by atoms with E-state index in [1.807, 2.05) is 6.92 Å². The molecule has 1 rings (SSSR count). The summed E-state index contributed by atoms with van der Waals surface area (Å²) in [7, 11) is -5.27. The van der Waals surface area contributed by atoms with E-state index in [0.717, 1.165) is 12.1 Å². The average molecular weight is 281 g/mol. The van der Waals surface area contributed by atoms with Crippen molar-refractivity contribution in [3.8, 4) is 0 Å². The molecule has 1 aromatic carbocycles. The Balaban J connectivity index is 3.12. The van der Waals surface area contributed by atoms with E-state index < -0.39 is 20.2 Å². The van der Waals surface area contributed by atoms with Gasteiger partial charge in [0.1, 0.15) is 0 Å². The standard InChI is InChI=1S/C11H14F3NO2S/c1-7(8(2)15)9-3-5-10(6-4-9)18(16,17)11(12,13)14/h3-8H,15H2,1-2H3. The van der Waals surface area contributed by atoms with E-state index in [1.54, 1.807) is 6.92 Å². The van der Waals surface area contributed by atoms with E-state index in [2.05, 4.69) is 0 Å². The summed E-state index contributed by atoms with van der Waals surface area (Å²) in [5.41, 5.74) is 1.09. The zero-order valence-corrected chi connectivity index (χ0v) is 10.7. The highest BCUT2D eigenvalue weighted by atomic mass is 32.2. The van der Waals surface area contributed by atoms with Gasteiger partial charge < -0.3 is 5.73 Å². The zero-order chi connectivity index (χ0) is 14.1. The fraction of sp³-hybridized carbons (Fsp3) is 0.455. The molecule has 0 saturated heterocycles. The van der Waals surface area contributed by atoms with Gasteiger partial charge >= 0.3 is 5.51 Å². The van der Waals surface area contributed by atoms with Crippen LogP contribution in [0.3, 0.4) is 0 Å². The van der Waals surface area contributed by atoms with E-state index in [0.29, 0.717) is 5.56 Å². The number of alkyl halides is 3. The SMILES string of the molecule is CC(N)C(C)c1ccc(S(=O)(=O)C(F)(F)F)cc1. The van der Waals surface area contributed by atoms with Gasteiger partial charge in [-0.1, -0.05) is 19.1 Å². The number of nitrogens with two attached hydrogens (primary N) is 1. The third kappa shape index (κ3) is 2.84. The molecule has 0 spiro atoms. The summed E-state index contributed by atoms with van der Waals surface area (Å²) in [6.45, 7) is 3.59. The third-order valence-corrected chi connectivity index (χ3v) is 4.31. The first kappa shape index (κ1) is 15.0. The van der Waals surface area contributed by atoms with Crippen molar-refractivity contribution in [1.29, 1.82) is 0 Å². The minimum absolute atomic E-state index is 0.0624. The van der Waals surface area contributed by atoms with E-state index >= 15 is 0 Å². The minimum Gasteiger partial charge on any atom is -0.327 e. The topological polar surface area (TPSA) is 60.2 Å². The van der Waals surface area contributed by atoms with Crippen LogP contribution < -0.4 is 5.73 Å². The first-order valence-electron chi connectivity index (χ1n) is 5.24. The van der Waals surface area contributed by atoms with Crippen molar-refractivity contribution in [2.75, 3.05) is 0 Å². The third-order valence-electron chi connectivity index (χ3n) is 2.81. The molecule has 0 aliphatic rings. The summed E-state index contributed by atoms with van der Waals surface area (Å²) in [4.78, 5) is -0.754. The van der Waals surface area contributed by atoms with Gasteiger partial charge in [0.15, 0.2) is 0 Å². The smallest absolute Gasteiger partial charge is 0.327 e. The molecule has 3 nitrogen and oxygen atoms in total. The van der Waals surface area contributed by atoms with Crippen LogP contribution in [0.25, 0.3) is 0 Å². The lowest BCUT2D eigenvalue weighted by molar-refractivity contribution is -0.0436. The van der Waals surface area contributed by atoms with Gasteiger partial charge in [-0.15, -0.1) is 0 Å². The molecule has 2 unspecified atom stereocenters. The van der Waals surface area contributed by atoms with Crippen molar-refractivity contribution >= 4 is 9.84 Å². The van der Waals surface area contributed by atoms with Crippen LogP contribution in [0.15, 0.2) is 29.2 Å². The highest BCUT2D eigenvalue weighted by Gasteiger charge is 2.46. The Morgan fingerprint density at radius 3 is 1.89 bits per heavy atom. The van der Waals surface area contributed by atoms with E-state index in [4.69, 9.17) is 5.73 Å². The van der Waals surface area contributed by atoms with Crippen molar-refractivity contribution < 1.29 is 21.6 Å². The van der Waals surface area contributed by atoms with Crippen molar-refractivity contribution in [1.82, 2.24) is 0 Å². The molecule has 2 atom stereocenters. The first-order chi connectivity index (χ1) is 8.07. The molecule has 0 saturated carbocycles. The van der Waals surface area contributed by atoms with Gasteiger partial charge in [-0.2, -0.15) is 13.2 Å². The maximum atomic E-state index is 12.3. The molecule has 7 heteroatoms. The number of hydrogen-bond donors (Lipinski definition) is 1. The minimum atomic E-state index is -5.28. The molecule has 2 N–H and O–H groups in total. The summed E-state index contributed by atoms with van der Waals surface area (Å²) in [6.07, 6.45) is 0. The Bertz CT molecular complexity index is 506. The van der Waals surface area contributed by atoms with E-state index in [-0.39, 0.29) is 12.0 Å². The fourth-order valence-corrected chi connectivity index (χ4v) is 2.15. The molecule has 0 heterocycles. The Kier molecular flexibility index (Phi) is 4.07. The molecule has 0 bridgehead atoms. The molecule has 0 amide bonds. The molecule has 0 aromatic heterocycles. The van der Waals surface area contributed by atoms with Gasteiger partial charge in [0, 0.05) is 6.04 Å². The summed E-state index contributed by atoms with van der Waals surface area (Å²) >= 11 is 0. The van der Waals surface area contributed by atoms with Crippen LogP contribution in [0.1, 0.15) is 25.3 Å². The molecule has 1 aromatic rings. The normalized spacial score (nSPS) is 16.3. The van der Waals surface area contributed by atoms with Crippen LogP contribution in [-0.2, 0) is 9.84 Å². The molecular weight excluding hydrogens is 267 g/mol. The highest BCUT2D eigenvalue weighted by molar-refractivity contribution is 7.92. The molecule has 0 fully saturated rings. The number of hydrogen-bond acceptors (Lipinski definition) is 3. The van der Waals surface area contributed by atoms with Crippen LogP contribution in [0.4, 0.5) is 13.2 Å². The summed E-state index contributed by atoms with van der Waals surface area (Å²) < 4.78 is 59.1. The van der Waals surface area contributed by atoms with E-state index in [9.17, 15) is 21.6 Å². The van der Waals surface area contributed by atoms with Crippen molar-refractivity contribution in [3.05, 3.63) is 29.8 Å². The van der Waals surface area contributed by atoms with Crippen molar-refractivity contribution in [2.24, 2.45) is 5.73 Å². The van der Waals surface area contributed by atoms with Gasteiger partial charge in [0.05, 0.1) is 4.90 Å². The van der Waals surface area contributed by atoms with Crippen LogP contribution >= 0.6 is 0 Å². The fourth-order valence-electron chi connectivity index (χ4n) is 1.39. The Morgan fingerprint density at radius 1 is 1.11 bits per heavy atom. The molecule has 0 radical (unpaired) electrons. The molecule has 102 valence electrons. The number of benzene rings is 1. The second-order valence-electron chi connectivity index (χ2n) is 4.17. The Labute approximate surface area is 104 Å². The second kappa shape index (κ2) is 4.89. The number of halogens is 3. The zero-order valence-electron chi connectivity index (χ0n) is 9.90. The molecule has 0 aliphatic heterocycles. The maximum Gasteiger partial charge on any atom is 0.501 e. The van der Waals surface area contributed by atoms with Gasteiger partial charge in [0.25, 0.3) is 9.84 Å². The highest BCUT2D eigenvalue weighted by Crippen LogP contribution is 2.31. The maximum absolute atomic E-state index is 12.3. The van der Waals surface area contributed by atoms with Crippen LogP contribution in [0.5, 0.6) is 0 Å². The first-order valence-corrected chi connectivity index (χ1v) is 6.72. The second-order valence-corrected chi connectivity index (χ2v) is 6.11. The molecule has 0 aliphatic carbocycles. The molecule has 18 heavy (non-hydrogen) atoms.